The minimum Gasteiger partial charge on any atom is -0.481 e. The van der Waals surface area contributed by atoms with Gasteiger partial charge in [0.05, 0.1) is 11.6 Å². The first-order chi connectivity index (χ1) is 10.6. The molecule has 0 unspecified atom stereocenters. The average molecular weight is 319 g/mol. The third kappa shape index (κ3) is 2.76. The number of hydrogen-bond acceptors (Lipinski definition) is 4. The lowest BCUT2D eigenvalue weighted by Gasteiger charge is -2.30. The number of thiazole rings is 1. The highest BCUT2D eigenvalue weighted by atomic mass is 32.1. The Morgan fingerprint density at radius 3 is 2.77 bits per heavy atom. The zero-order chi connectivity index (χ0) is 15.7. The topological polar surface area (TPSA) is 75.4 Å². The summed E-state index contributed by atoms with van der Waals surface area (Å²) in [4.78, 5) is 30.5. The summed E-state index contributed by atoms with van der Waals surface area (Å²) in [5.41, 5.74) is 0.691. The molecular weight excluding hydrogens is 302 g/mol. The maximum Gasteiger partial charge on any atom is 0.308 e. The van der Waals surface area contributed by atoms with E-state index < -0.39 is 11.9 Å². The van der Waals surface area contributed by atoms with Crippen LogP contribution in [0.1, 0.15) is 28.2 Å². The van der Waals surface area contributed by atoms with E-state index >= 15 is 0 Å². The first-order valence-corrected chi connectivity index (χ1v) is 8.01. The number of nitrogens with zero attached hydrogens (tertiary/aromatic N) is 3. The van der Waals surface area contributed by atoms with E-state index in [4.69, 9.17) is 5.11 Å². The third-order valence-corrected chi connectivity index (χ3v) is 5.02. The highest BCUT2D eigenvalue weighted by Gasteiger charge is 2.30. The van der Waals surface area contributed by atoms with E-state index in [0.717, 1.165) is 11.6 Å². The number of carbonyl (C=O) groups is 2. The molecule has 0 spiro atoms. The molecule has 1 aliphatic rings. The van der Waals surface area contributed by atoms with E-state index in [1.54, 1.807) is 4.90 Å². The van der Waals surface area contributed by atoms with Crippen LogP contribution in [0.5, 0.6) is 0 Å². The van der Waals surface area contributed by atoms with Crippen LogP contribution in [0.3, 0.4) is 0 Å². The van der Waals surface area contributed by atoms with Crippen molar-refractivity contribution in [2.45, 2.75) is 19.8 Å². The second-order valence-electron chi connectivity index (χ2n) is 5.43. The predicted molar refractivity (Wildman–Crippen MR) is 82.4 cm³/mol. The van der Waals surface area contributed by atoms with Crippen molar-refractivity contribution in [3.05, 3.63) is 35.1 Å². The van der Waals surface area contributed by atoms with Gasteiger partial charge in [0.1, 0.15) is 4.88 Å². The number of carboxylic acids is 1. The molecule has 6 nitrogen and oxygen atoms in total. The van der Waals surface area contributed by atoms with Gasteiger partial charge >= 0.3 is 5.97 Å². The second-order valence-corrected chi connectivity index (χ2v) is 6.41. The quantitative estimate of drug-likeness (QED) is 0.941. The van der Waals surface area contributed by atoms with Crippen molar-refractivity contribution in [1.82, 2.24) is 14.5 Å². The van der Waals surface area contributed by atoms with Gasteiger partial charge in [-0.25, -0.2) is 4.98 Å². The standard InChI is InChI=1S/C15H17N3O3S/c1-10-12(22-15(16-10)17-6-2-3-7-17)13(19)18-8-4-5-11(9-18)14(20)21/h2-3,6-7,11H,4-5,8-9H2,1H3,(H,20,21)/t11-/m1/s1. The number of aromatic nitrogens is 2. The Labute approximate surface area is 132 Å². The minimum absolute atomic E-state index is 0.112. The van der Waals surface area contributed by atoms with Crippen molar-refractivity contribution in [2.75, 3.05) is 13.1 Å². The molecular formula is C15H17N3O3S. The zero-order valence-corrected chi connectivity index (χ0v) is 13.0. The third-order valence-electron chi connectivity index (χ3n) is 3.86. The average Bonchev–Trinajstić information content (AvgIpc) is 3.16. The Bertz CT molecular complexity index is 693. The summed E-state index contributed by atoms with van der Waals surface area (Å²) in [5.74, 6) is -1.40. The molecule has 1 fully saturated rings. The molecule has 3 rings (SSSR count). The molecule has 0 aliphatic carbocycles. The fraction of sp³-hybridized carbons (Fsp3) is 0.400. The Balaban J connectivity index is 1.82. The number of aliphatic carboxylic acids is 1. The fourth-order valence-electron chi connectivity index (χ4n) is 2.66. The summed E-state index contributed by atoms with van der Waals surface area (Å²) < 4.78 is 1.87. The number of amides is 1. The van der Waals surface area contributed by atoms with Crippen molar-refractivity contribution in [3.8, 4) is 5.13 Å². The highest BCUT2D eigenvalue weighted by molar-refractivity contribution is 7.16. The predicted octanol–water partition coefficient (Wildman–Crippen LogP) is 2.18. The van der Waals surface area contributed by atoms with Crippen LogP contribution in [0.2, 0.25) is 0 Å². The number of carboxylic acid groups (broad SMARTS) is 1. The molecule has 0 saturated carbocycles. The first kappa shape index (κ1) is 14.8. The number of carbonyl (C=O) groups excluding carboxylic acids is 1. The summed E-state index contributed by atoms with van der Waals surface area (Å²) in [6.07, 6.45) is 5.13. The molecule has 1 saturated heterocycles. The van der Waals surface area contributed by atoms with Gasteiger partial charge < -0.3 is 14.6 Å². The maximum atomic E-state index is 12.7. The van der Waals surface area contributed by atoms with Gasteiger partial charge in [0.2, 0.25) is 0 Å². The SMILES string of the molecule is Cc1nc(-n2cccc2)sc1C(=O)N1CCC[C@@H](C(=O)O)C1. The van der Waals surface area contributed by atoms with Crippen LogP contribution in [0, 0.1) is 12.8 Å². The Morgan fingerprint density at radius 1 is 1.36 bits per heavy atom. The molecule has 0 bridgehead atoms. The van der Waals surface area contributed by atoms with Crippen LogP contribution in [0.25, 0.3) is 5.13 Å². The highest BCUT2D eigenvalue weighted by Crippen LogP contribution is 2.25. The van der Waals surface area contributed by atoms with Crippen molar-refractivity contribution in [1.29, 1.82) is 0 Å². The van der Waals surface area contributed by atoms with E-state index in [-0.39, 0.29) is 12.5 Å². The number of rotatable bonds is 3. The van der Waals surface area contributed by atoms with E-state index in [1.165, 1.54) is 11.3 Å². The lowest BCUT2D eigenvalue weighted by Crippen LogP contribution is -2.42. The molecule has 1 amide bonds. The van der Waals surface area contributed by atoms with Crippen LogP contribution in [-0.2, 0) is 4.79 Å². The van der Waals surface area contributed by atoms with Gasteiger partial charge in [-0.2, -0.15) is 0 Å². The van der Waals surface area contributed by atoms with Crippen LogP contribution >= 0.6 is 11.3 Å². The number of hydrogen-bond donors (Lipinski definition) is 1. The summed E-state index contributed by atoms with van der Waals surface area (Å²) in [7, 11) is 0. The van der Waals surface area contributed by atoms with Crippen molar-refractivity contribution < 1.29 is 14.7 Å². The number of piperidine rings is 1. The largest absolute Gasteiger partial charge is 0.481 e. The van der Waals surface area contributed by atoms with Crippen molar-refractivity contribution >= 4 is 23.2 Å². The summed E-state index contributed by atoms with van der Waals surface area (Å²) in [6.45, 7) is 2.71. The lowest BCUT2D eigenvalue weighted by molar-refractivity contribution is -0.143. The van der Waals surface area contributed by atoms with E-state index in [2.05, 4.69) is 4.98 Å². The van der Waals surface area contributed by atoms with Gasteiger partial charge in [0, 0.05) is 25.5 Å². The van der Waals surface area contributed by atoms with E-state index in [9.17, 15) is 9.59 Å². The smallest absolute Gasteiger partial charge is 0.308 e. The number of likely N-dealkylation sites (tertiary alicyclic amines) is 1. The second kappa shape index (κ2) is 5.92. The molecule has 1 atom stereocenters. The molecule has 0 radical (unpaired) electrons. The van der Waals surface area contributed by atoms with Gasteiger partial charge in [-0.3, -0.25) is 9.59 Å². The molecule has 2 aromatic heterocycles. The van der Waals surface area contributed by atoms with Crippen LogP contribution in [0.15, 0.2) is 24.5 Å². The maximum absolute atomic E-state index is 12.7. The molecule has 3 heterocycles. The van der Waals surface area contributed by atoms with Gasteiger partial charge in [0.15, 0.2) is 5.13 Å². The minimum atomic E-state index is -0.827. The summed E-state index contributed by atoms with van der Waals surface area (Å²) >= 11 is 1.34. The molecule has 1 N–H and O–H groups in total. The molecule has 22 heavy (non-hydrogen) atoms. The summed E-state index contributed by atoms with van der Waals surface area (Å²) in [5, 5.41) is 9.89. The van der Waals surface area contributed by atoms with Crippen LogP contribution in [-0.4, -0.2) is 44.5 Å². The van der Waals surface area contributed by atoms with Gasteiger partial charge in [-0.15, -0.1) is 0 Å². The monoisotopic (exact) mass is 319 g/mol. The van der Waals surface area contributed by atoms with Crippen molar-refractivity contribution in [2.24, 2.45) is 5.92 Å². The normalized spacial score (nSPS) is 18.4. The molecule has 116 valence electrons. The van der Waals surface area contributed by atoms with Gasteiger partial charge in [-0.1, -0.05) is 11.3 Å². The Morgan fingerprint density at radius 2 is 2.09 bits per heavy atom. The molecule has 2 aromatic rings. The Hall–Kier alpha value is -2.15. The molecule has 7 heteroatoms. The van der Waals surface area contributed by atoms with Crippen molar-refractivity contribution in [3.63, 3.8) is 0 Å². The fourth-order valence-corrected chi connectivity index (χ4v) is 3.66. The lowest BCUT2D eigenvalue weighted by atomic mass is 9.98. The summed E-state index contributed by atoms with van der Waals surface area (Å²) in [6, 6.07) is 3.81. The van der Waals surface area contributed by atoms with E-state index in [0.29, 0.717) is 23.5 Å². The first-order valence-electron chi connectivity index (χ1n) is 7.19. The Kier molecular flexibility index (Phi) is 3.98. The molecule has 0 aromatic carbocycles. The molecule has 1 aliphatic heterocycles. The van der Waals surface area contributed by atoms with Gasteiger partial charge in [-0.05, 0) is 31.9 Å². The number of aryl methyl sites for hydroxylation is 1. The zero-order valence-electron chi connectivity index (χ0n) is 12.2. The van der Waals surface area contributed by atoms with Gasteiger partial charge in [0.25, 0.3) is 5.91 Å². The van der Waals surface area contributed by atoms with Crippen LogP contribution < -0.4 is 0 Å². The van der Waals surface area contributed by atoms with Crippen LogP contribution in [0.4, 0.5) is 0 Å². The van der Waals surface area contributed by atoms with E-state index in [1.807, 2.05) is 36.0 Å².